The highest BCUT2D eigenvalue weighted by molar-refractivity contribution is 5.96. The van der Waals surface area contributed by atoms with E-state index < -0.39 is 11.7 Å². The van der Waals surface area contributed by atoms with Crippen LogP contribution in [0.25, 0.3) is 0 Å². The summed E-state index contributed by atoms with van der Waals surface area (Å²) in [5, 5.41) is 2.54. The molecule has 0 aromatic heterocycles. The highest BCUT2D eigenvalue weighted by Crippen LogP contribution is 2.28. The molecule has 142 valence electrons. The normalized spacial score (nSPS) is 13.5. The Hall–Kier alpha value is -2.69. The van der Waals surface area contributed by atoms with Crippen LogP contribution in [0, 0.1) is 5.82 Å². The summed E-state index contributed by atoms with van der Waals surface area (Å²) in [4.78, 5) is 26.6. The van der Waals surface area contributed by atoms with Gasteiger partial charge < -0.3 is 10.2 Å². The van der Waals surface area contributed by atoms with Gasteiger partial charge in [0.1, 0.15) is 5.82 Å². The lowest BCUT2D eigenvalue weighted by atomic mass is 10.0. The molecule has 0 unspecified atom stereocenters. The monoisotopic (exact) mass is 368 g/mol. The third kappa shape index (κ3) is 4.94. The molecule has 1 aliphatic rings. The Balaban J connectivity index is 1.60. The summed E-state index contributed by atoms with van der Waals surface area (Å²) in [6, 6.07) is 14.3. The largest absolute Gasteiger partial charge is 0.343 e. The summed E-state index contributed by atoms with van der Waals surface area (Å²) in [6.45, 7) is 4.69. The van der Waals surface area contributed by atoms with E-state index in [0.29, 0.717) is 12.5 Å². The summed E-state index contributed by atoms with van der Waals surface area (Å²) in [7, 11) is 0. The lowest BCUT2D eigenvalue weighted by Gasteiger charge is -2.23. The van der Waals surface area contributed by atoms with Crippen molar-refractivity contribution in [3.63, 3.8) is 0 Å². The maximum absolute atomic E-state index is 13.7. The van der Waals surface area contributed by atoms with Gasteiger partial charge in [-0.25, -0.2) is 4.39 Å². The van der Waals surface area contributed by atoms with Crippen molar-refractivity contribution in [3.8, 4) is 0 Å². The van der Waals surface area contributed by atoms with E-state index >= 15 is 0 Å². The molecule has 3 rings (SSSR count). The molecule has 0 spiro atoms. The van der Waals surface area contributed by atoms with Crippen LogP contribution in [-0.2, 0) is 11.3 Å². The van der Waals surface area contributed by atoms with Gasteiger partial charge in [-0.3, -0.25) is 9.59 Å². The predicted octanol–water partition coefficient (Wildman–Crippen LogP) is 3.87. The van der Waals surface area contributed by atoms with E-state index in [2.05, 4.69) is 43.4 Å². The van der Waals surface area contributed by atoms with Crippen molar-refractivity contribution >= 4 is 11.8 Å². The predicted molar refractivity (Wildman–Crippen MR) is 103 cm³/mol. The maximum Gasteiger partial charge on any atom is 0.254 e. The standard InChI is InChI=1S/C22H25FN2O2/c1-15(2)17-9-7-16(8-10-17)14-25(18-11-12-18)21(26)13-24-22(27)19-5-3-4-6-20(19)23/h3-10,15,18H,11-14H2,1-2H3,(H,24,27). The van der Waals surface area contributed by atoms with Gasteiger partial charge in [0, 0.05) is 12.6 Å². The minimum absolute atomic E-state index is 0.0486. The average Bonchev–Trinajstić information content (AvgIpc) is 3.49. The fourth-order valence-corrected chi connectivity index (χ4v) is 3.01. The van der Waals surface area contributed by atoms with E-state index in [4.69, 9.17) is 0 Å². The molecular formula is C22H25FN2O2. The van der Waals surface area contributed by atoms with Crippen LogP contribution in [0.1, 0.15) is 54.1 Å². The Kier molecular flexibility index (Phi) is 5.89. The molecule has 0 saturated heterocycles. The summed E-state index contributed by atoms with van der Waals surface area (Å²) in [5.41, 5.74) is 2.29. The van der Waals surface area contributed by atoms with Gasteiger partial charge in [-0.05, 0) is 42.0 Å². The highest BCUT2D eigenvalue weighted by Gasteiger charge is 2.32. The van der Waals surface area contributed by atoms with Gasteiger partial charge in [-0.15, -0.1) is 0 Å². The minimum atomic E-state index is -0.591. The number of carbonyl (C=O) groups is 2. The minimum Gasteiger partial charge on any atom is -0.343 e. The third-order valence-corrected chi connectivity index (χ3v) is 4.83. The van der Waals surface area contributed by atoms with Gasteiger partial charge in [0.15, 0.2) is 0 Å². The summed E-state index contributed by atoms with van der Waals surface area (Å²) in [6.07, 6.45) is 1.97. The number of benzene rings is 2. The van der Waals surface area contributed by atoms with Crippen LogP contribution < -0.4 is 5.32 Å². The van der Waals surface area contributed by atoms with E-state index in [-0.39, 0.29) is 24.1 Å². The molecule has 0 radical (unpaired) electrons. The summed E-state index contributed by atoms with van der Waals surface area (Å²) in [5.74, 6) is -0.839. The van der Waals surface area contributed by atoms with E-state index in [1.54, 1.807) is 6.07 Å². The Labute approximate surface area is 159 Å². The van der Waals surface area contributed by atoms with Crippen LogP contribution in [0.2, 0.25) is 0 Å². The molecule has 5 heteroatoms. The van der Waals surface area contributed by atoms with Crippen molar-refractivity contribution in [2.45, 2.75) is 45.2 Å². The molecule has 0 atom stereocenters. The number of hydrogen-bond donors (Lipinski definition) is 1. The molecule has 1 N–H and O–H groups in total. The zero-order valence-electron chi connectivity index (χ0n) is 15.7. The fraction of sp³-hybridized carbons (Fsp3) is 0.364. The number of nitrogens with zero attached hydrogens (tertiary/aromatic N) is 1. The molecule has 4 nitrogen and oxygen atoms in total. The molecule has 1 aliphatic carbocycles. The van der Waals surface area contributed by atoms with Crippen LogP contribution in [0.5, 0.6) is 0 Å². The summed E-state index contributed by atoms with van der Waals surface area (Å²) < 4.78 is 13.7. The van der Waals surface area contributed by atoms with Gasteiger partial charge in [0.25, 0.3) is 5.91 Å². The Morgan fingerprint density at radius 2 is 1.78 bits per heavy atom. The van der Waals surface area contributed by atoms with Crippen molar-refractivity contribution in [1.29, 1.82) is 0 Å². The second kappa shape index (κ2) is 8.33. The lowest BCUT2D eigenvalue weighted by Crippen LogP contribution is -2.41. The highest BCUT2D eigenvalue weighted by atomic mass is 19.1. The summed E-state index contributed by atoms with van der Waals surface area (Å²) >= 11 is 0. The van der Waals surface area contributed by atoms with Gasteiger partial charge in [-0.2, -0.15) is 0 Å². The van der Waals surface area contributed by atoms with Crippen LogP contribution >= 0.6 is 0 Å². The van der Waals surface area contributed by atoms with Crippen LogP contribution in [-0.4, -0.2) is 29.3 Å². The first kappa shape index (κ1) is 19.1. The van der Waals surface area contributed by atoms with Crippen molar-refractivity contribution < 1.29 is 14.0 Å². The van der Waals surface area contributed by atoms with Crippen molar-refractivity contribution in [2.24, 2.45) is 0 Å². The fourth-order valence-electron chi connectivity index (χ4n) is 3.01. The van der Waals surface area contributed by atoms with Crippen molar-refractivity contribution in [2.75, 3.05) is 6.54 Å². The molecule has 0 heterocycles. The first-order valence-electron chi connectivity index (χ1n) is 9.36. The topological polar surface area (TPSA) is 49.4 Å². The smallest absolute Gasteiger partial charge is 0.254 e. The molecule has 1 fully saturated rings. The van der Waals surface area contributed by atoms with Crippen LogP contribution in [0.3, 0.4) is 0 Å². The van der Waals surface area contributed by atoms with Gasteiger partial charge in [0.05, 0.1) is 12.1 Å². The van der Waals surface area contributed by atoms with E-state index in [1.807, 2.05) is 4.90 Å². The van der Waals surface area contributed by atoms with Crippen LogP contribution in [0.4, 0.5) is 4.39 Å². The molecule has 27 heavy (non-hydrogen) atoms. The van der Waals surface area contributed by atoms with E-state index in [1.165, 1.54) is 23.8 Å². The SMILES string of the molecule is CC(C)c1ccc(CN(C(=O)CNC(=O)c2ccccc2F)C2CC2)cc1. The van der Waals surface area contributed by atoms with Gasteiger partial charge in [-0.1, -0.05) is 50.2 Å². The zero-order chi connectivity index (χ0) is 19.4. The molecule has 0 aliphatic heterocycles. The second-order valence-corrected chi connectivity index (χ2v) is 7.31. The Morgan fingerprint density at radius 1 is 1.11 bits per heavy atom. The maximum atomic E-state index is 13.7. The van der Waals surface area contributed by atoms with Gasteiger partial charge in [0.2, 0.25) is 5.91 Å². The molecule has 0 bridgehead atoms. The lowest BCUT2D eigenvalue weighted by molar-refractivity contribution is -0.131. The van der Waals surface area contributed by atoms with E-state index in [9.17, 15) is 14.0 Å². The molecule has 1 saturated carbocycles. The second-order valence-electron chi connectivity index (χ2n) is 7.31. The first-order chi connectivity index (χ1) is 13.0. The number of amides is 2. The number of nitrogens with one attached hydrogen (secondary N) is 1. The number of carbonyl (C=O) groups excluding carboxylic acids is 2. The quantitative estimate of drug-likeness (QED) is 0.807. The Bertz CT molecular complexity index is 813. The molecule has 2 aromatic rings. The van der Waals surface area contributed by atoms with Crippen LogP contribution in [0.15, 0.2) is 48.5 Å². The van der Waals surface area contributed by atoms with E-state index in [0.717, 1.165) is 18.4 Å². The number of rotatable bonds is 7. The molecule has 2 aromatic carbocycles. The molecule has 2 amide bonds. The van der Waals surface area contributed by atoms with Crippen molar-refractivity contribution in [1.82, 2.24) is 10.2 Å². The van der Waals surface area contributed by atoms with Crippen molar-refractivity contribution in [3.05, 3.63) is 71.0 Å². The number of halogens is 1. The van der Waals surface area contributed by atoms with Gasteiger partial charge >= 0.3 is 0 Å². The Morgan fingerprint density at radius 3 is 2.37 bits per heavy atom. The third-order valence-electron chi connectivity index (χ3n) is 4.83. The number of hydrogen-bond acceptors (Lipinski definition) is 2. The molecular weight excluding hydrogens is 343 g/mol. The first-order valence-corrected chi connectivity index (χ1v) is 9.36. The zero-order valence-corrected chi connectivity index (χ0v) is 15.7. The average molecular weight is 368 g/mol.